The van der Waals surface area contributed by atoms with Crippen LogP contribution in [0.4, 0.5) is 0 Å². The Morgan fingerprint density at radius 2 is 2.21 bits per heavy atom. The number of thioether (sulfide) groups is 1. The maximum atomic E-state index is 11.3. The molecule has 1 saturated heterocycles. The SMILES string of the molecule is CC(C(=O)O)N1CN=C2OC3=CSC(c4ccc(Cl)cc4)N3N2C1. The Morgan fingerprint density at radius 1 is 1.46 bits per heavy atom. The minimum Gasteiger partial charge on any atom is -0.480 e. The molecule has 1 N–H and O–H groups in total. The standard InChI is InChI=1S/C15H15ClN4O3S/c1-9(14(21)22)18-7-17-15-19(8-18)20-12(23-15)6-24-13(20)10-2-4-11(16)5-3-10/h2-6,9,13H,7-8H2,1H3,(H,21,22). The molecule has 7 nitrogen and oxygen atoms in total. The molecule has 1 aromatic carbocycles. The van der Waals surface area contributed by atoms with Crippen molar-refractivity contribution in [2.75, 3.05) is 13.3 Å². The van der Waals surface area contributed by atoms with Gasteiger partial charge in [-0.15, -0.1) is 0 Å². The smallest absolute Gasteiger partial charge is 0.320 e. The summed E-state index contributed by atoms with van der Waals surface area (Å²) < 4.78 is 5.80. The second kappa shape index (κ2) is 5.87. The predicted octanol–water partition coefficient (Wildman–Crippen LogP) is 2.49. The van der Waals surface area contributed by atoms with Crippen molar-refractivity contribution in [3.8, 4) is 0 Å². The van der Waals surface area contributed by atoms with Gasteiger partial charge in [-0.1, -0.05) is 35.5 Å². The maximum absolute atomic E-state index is 11.3. The van der Waals surface area contributed by atoms with Crippen LogP contribution in [0.25, 0.3) is 0 Å². The van der Waals surface area contributed by atoms with E-state index in [2.05, 4.69) is 4.99 Å². The van der Waals surface area contributed by atoms with Gasteiger partial charge in [0, 0.05) is 10.4 Å². The molecule has 0 aromatic heterocycles. The molecular formula is C15H15ClN4O3S. The first-order valence-corrected chi connectivity index (χ1v) is 8.73. The number of fused-ring (bicyclic) bond motifs is 3. The summed E-state index contributed by atoms with van der Waals surface area (Å²) in [5, 5.41) is 15.8. The number of hydrazine groups is 1. The fraction of sp³-hybridized carbons (Fsp3) is 0.333. The van der Waals surface area contributed by atoms with E-state index in [1.807, 2.05) is 39.7 Å². The van der Waals surface area contributed by atoms with Crippen molar-refractivity contribution < 1.29 is 14.6 Å². The lowest BCUT2D eigenvalue weighted by Crippen LogP contribution is -2.53. The molecule has 0 amide bonds. The van der Waals surface area contributed by atoms with Crippen LogP contribution in [-0.4, -0.2) is 51.4 Å². The molecule has 0 radical (unpaired) electrons. The van der Waals surface area contributed by atoms with E-state index in [0.717, 1.165) is 5.56 Å². The van der Waals surface area contributed by atoms with E-state index in [4.69, 9.17) is 16.3 Å². The van der Waals surface area contributed by atoms with Crippen LogP contribution in [0.15, 0.2) is 40.5 Å². The molecule has 3 heterocycles. The number of halogens is 1. The number of aliphatic carboxylic acids is 1. The van der Waals surface area contributed by atoms with E-state index in [9.17, 15) is 9.90 Å². The molecule has 2 atom stereocenters. The highest BCUT2D eigenvalue weighted by molar-refractivity contribution is 8.02. The molecule has 0 aliphatic carbocycles. The molecule has 0 saturated carbocycles. The second-order valence-electron chi connectivity index (χ2n) is 5.67. The summed E-state index contributed by atoms with van der Waals surface area (Å²) in [6.45, 7) is 2.37. The van der Waals surface area contributed by atoms with Crippen molar-refractivity contribution >= 4 is 35.4 Å². The predicted molar refractivity (Wildman–Crippen MR) is 90.7 cm³/mol. The van der Waals surface area contributed by atoms with Crippen LogP contribution in [0.1, 0.15) is 17.9 Å². The van der Waals surface area contributed by atoms with E-state index in [1.54, 1.807) is 23.6 Å². The minimum absolute atomic E-state index is 0.00468. The fourth-order valence-corrected chi connectivity index (χ4v) is 3.94. The lowest BCUT2D eigenvalue weighted by atomic mass is 10.2. The first-order chi connectivity index (χ1) is 11.5. The molecule has 0 bridgehead atoms. The minimum atomic E-state index is -0.866. The van der Waals surface area contributed by atoms with Crippen LogP contribution in [0, 0.1) is 0 Å². The van der Waals surface area contributed by atoms with Gasteiger partial charge in [-0.3, -0.25) is 9.69 Å². The Hall–Kier alpha value is -1.90. The van der Waals surface area contributed by atoms with E-state index in [0.29, 0.717) is 30.3 Å². The molecule has 126 valence electrons. The van der Waals surface area contributed by atoms with E-state index >= 15 is 0 Å². The number of nitrogens with zero attached hydrogens (tertiary/aromatic N) is 4. The van der Waals surface area contributed by atoms with Crippen molar-refractivity contribution in [1.29, 1.82) is 0 Å². The van der Waals surface area contributed by atoms with Gasteiger partial charge in [-0.2, -0.15) is 0 Å². The third-order valence-corrected chi connectivity index (χ3v) is 5.51. The Labute approximate surface area is 148 Å². The van der Waals surface area contributed by atoms with Gasteiger partial charge in [0.15, 0.2) is 0 Å². The highest BCUT2D eigenvalue weighted by atomic mass is 35.5. The van der Waals surface area contributed by atoms with Crippen LogP contribution < -0.4 is 0 Å². The molecule has 1 fully saturated rings. The van der Waals surface area contributed by atoms with Crippen LogP contribution in [0.5, 0.6) is 0 Å². The Morgan fingerprint density at radius 3 is 2.92 bits per heavy atom. The number of hydrogen-bond acceptors (Lipinski definition) is 7. The highest BCUT2D eigenvalue weighted by Gasteiger charge is 2.45. The number of benzene rings is 1. The Balaban J connectivity index is 1.60. The van der Waals surface area contributed by atoms with E-state index in [1.165, 1.54) is 0 Å². The topological polar surface area (TPSA) is 68.6 Å². The summed E-state index contributed by atoms with van der Waals surface area (Å²) >= 11 is 7.60. The molecule has 0 spiro atoms. The number of carbonyl (C=O) groups is 1. The van der Waals surface area contributed by atoms with E-state index < -0.39 is 12.0 Å². The van der Waals surface area contributed by atoms with Gasteiger partial charge in [-0.05, 0) is 24.6 Å². The van der Waals surface area contributed by atoms with Crippen LogP contribution in [-0.2, 0) is 9.53 Å². The molecule has 1 aromatic rings. The molecule has 3 aliphatic heterocycles. The zero-order valence-corrected chi connectivity index (χ0v) is 14.4. The summed E-state index contributed by atoms with van der Waals surface area (Å²) in [4.78, 5) is 17.4. The number of carboxylic acid groups (broad SMARTS) is 1. The summed E-state index contributed by atoms with van der Waals surface area (Å²) in [5.41, 5.74) is 1.09. The normalized spacial score (nSPS) is 24.0. The average Bonchev–Trinajstić information content (AvgIpc) is 3.13. The van der Waals surface area contributed by atoms with Crippen molar-refractivity contribution in [2.24, 2.45) is 4.99 Å². The summed E-state index contributed by atoms with van der Waals surface area (Å²) in [7, 11) is 0. The number of ether oxygens (including phenoxy) is 1. The second-order valence-corrected chi connectivity index (χ2v) is 7.06. The van der Waals surface area contributed by atoms with Crippen molar-refractivity contribution in [1.82, 2.24) is 14.9 Å². The van der Waals surface area contributed by atoms with Gasteiger partial charge in [0.25, 0.3) is 0 Å². The summed E-state index contributed by atoms with van der Waals surface area (Å²) in [5.74, 6) is -0.155. The number of hydrogen-bond donors (Lipinski definition) is 1. The number of amidine groups is 1. The molecule has 4 rings (SSSR count). The molecule has 2 unspecified atom stereocenters. The largest absolute Gasteiger partial charge is 0.480 e. The lowest BCUT2D eigenvalue weighted by molar-refractivity contribution is -0.144. The molecule has 9 heteroatoms. The first-order valence-electron chi connectivity index (χ1n) is 7.41. The number of aliphatic imine (C=N–C) groups is 1. The first kappa shape index (κ1) is 15.6. The average molecular weight is 367 g/mol. The third kappa shape index (κ3) is 2.51. The van der Waals surface area contributed by atoms with Gasteiger partial charge in [0.1, 0.15) is 11.4 Å². The molecule has 24 heavy (non-hydrogen) atoms. The molecule has 3 aliphatic rings. The summed E-state index contributed by atoms with van der Waals surface area (Å²) in [6, 6.07) is 7.57. The molecular weight excluding hydrogens is 352 g/mol. The lowest BCUT2D eigenvalue weighted by Gasteiger charge is -2.37. The quantitative estimate of drug-likeness (QED) is 0.881. The van der Waals surface area contributed by atoms with Crippen LogP contribution in [0.3, 0.4) is 0 Å². The Kier molecular flexibility index (Phi) is 3.82. The maximum Gasteiger partial charge on any atom is 0.320 e. The van der Waals surface area contributed by atoms with Gasteiger partial charge in [0.05, 0.1) is 13.3 Å². The van der Waals surface area contributed by atoms with Gasteiger partial charge >= 0.3 is 12.0 Å². The van der Waals surface area contributed by atoms with Gasteiger partial charge in [0.2, 0.25) is 5.88 Å². The van der Waals surface area contributed by atoms with E-state index in [-0.39, 0.29) is 5.37 Å². The zero-order valence-electron chi connectivity index (χ0n) is 12.8. The Bertz CT molecular complexity index is 739. The monoisotopic (exact) mass is 366 g/mol. The third-order valence-electron chi connectivity index (χ3n) is 4.19. The van der Waals surface area contributed by atoms with Crippen molar-refractivity contribution in [3.63, 3.8) is 0 Å². The highest BCUT2D eigenvalue weighted by Crippen LogP contribution is 2.47. The number of carboxylic acids is 1. The zero-order chi connectivity index (χ0) is 16.8. The van der Waals surface area contributed by atoms with Crippen molar-refractivity contribution in [3.05, 3.63) is 46.1 Å². The number of rotatable bonds is 3. The van der Waals surface area contributed by atoms with Gasteiger partial charge in [-0.25, -0.2) is 15.0 Å². The summed E-state index contributed by atoms with van der Waals surface area (Å²) in [6.07, 6.45) is 0. The van der Waals surface area contributed by atoms with Crippen LogP contribution >= 0.6 is 23.4 Å². The van der Waals surface area contributed by atoms with Crippen molar-refractivity contribution in [2.45, 2.75) is 18.3 Å². The van der Waals surface area contributed by atoms with Gasteiger partial charge < -0.3 is 9.84 Å². The fourth-order valence-electron chi connectivity index (χ4n) is 2.76. The van der Waals surface area contributed by atoms with Crippen LogP contribution in [0.2, 0.25) is 5.02 Å².